The largest absolute Gasteiger partial charge is 0.348 e. The van der Waals surface area contributed by atoms with Crippen LogP contribution in [-0.2, 0) is 4.79 Å². The molecule has 188 valence electrons. The number of rotatable bonds is 6. The van der Waals surface area contributed by atoms with Crippen LogP contribution in [0, 0.1) is 30.1 Å². The molecule has 2 aliphatic carbocycles. The molecule has 6 rings (SSSR count). The monoisotopic (exact) mass is 515 g/mol. The van der Waals surface area contributed by atoms with Crippen molar-refractivity contribution in [3.8, 4) is 6.07 Å². The van der Waals surface area contributed by atoms with Crippen molar-refractivity contribution in [2.75, 3.05) is 11.4 Å². The number of aryl methyl sites for hydroxylation is 1. The van der Waals surface area contributed by atoms with Crippen LogP contribution in [0.4, 0.5) is 5.82 Å². The summed E-state index contributed by atoms with van der Waals surface area (Å²) in [5, 5.41) is 21.3. The van der Waals surface area contributed by atoms with Crippen LogP contribution >= 0.6 is 11.6 Å². The molecule has 1 aromatic carbocycles. The van der Waals surface area contributed by atoms with E-state index in [0.717, 1.165) is 48.3 Å². The summed E-state index contributed by atoms with van der Waals surface area (Å²) >= 11 is 6.11. The van der Waals surface area contributed by atoms with Crippen LogP contribution in [-0.4, -0.2) is 44.4 Å². The summed E-state index contributed by atoms with van der Waals surface area (Å²) in [5.74, 6) is 1.51. The third-order valence-electron chi connectivity index (χ3n) is 7.92. The van der Waals surface area contributed by atoms with Gasteiger partial charge in [0.2, 0.25) is 5.91 Å². The van der Waals surface area contributed by atoms with Crippen molar-refractivity contribution in [2.24, 2.45) is 11.8 Å². The van der Waals surface area contributed by atoms with Crippen molar-refractivity contribution in [1.29, 1.82) is 5.26 Å². The van der Waals surface area contributed by atoms with E-state index in [4.69, 9.17) is 11.6 Å². The highest BCUT2D eigenvalue weighted by molar-refractivity contribution is 6.30. The summed E-state index contributed by atoms with van der Waals surface area (Å²) < 4.78 is 1.65. The van der Waals surface area contributed by atoms with E-state index >= 15 is 0 Å². The highest BCUT2D eigenvalue weighted by Crippen LogP contribution is 2.47. The van der Waals surface area contributed by atoms with E-state index in [1.807, 2.05) is 26.0 Å². The first-order chi connectivity index (χ1) is 17.8. The molecule has 3 fully saturated rings. The van der Waals surface area contributed by atoms with Crippen molar-refractivity contribution in [3.63, 3.8) is 0 Å². The zero-order valence-corrected chi connectivity index (χ0v) is 21.3. The highest BCUT2D eigenvalue weighted by Gasteiger charge is 2.53. The average Bonchev–Trinajstić information content (AvgIpc) is 3.32. The molecule has 3 unspecified atom stereocenters. The van der Waals surface area contributed by atoms with Crippen LogP contribution in [0.2, 0.25) is 5.02 Å². The maximum Gasteiger partial charge on any atom is 0.273 e. The first-order valence-electron chi connectivity index (χ1n) is 12.5. The number of fused-ring (bicyclic) bond motifs is 1. The number of carbonyl (C=O) groups excluding carboxylic acids is 2. The van der Waals surface area contributed by atoms with E-state index in [0.29, 0.717) is 16.5 Å². The molecular weight excluding hydrogens is 490 g/mol. The number of piperidine rings is 1. The van der Waals surface area contributed by atoms with Gasteiger partial charge in [-0.25, -0.2) is 9.67 Å². The van der Waals surface area contributed by atoms with Crippen LogP contribution in [0.3, 0.4) is 0 Å². The molecule has 1 saturated heterocycles. The maximum absolute atomic E-state index is 12.8. The fourth-order valence-corrected chi connectivity index (χ4v) is 5.69. The number of pyridine rings is 1. The van der Waals surface area contributed by atoms with Crippen LogP contribution in [0.15, 0.2) is 36.7 Å². The van der Waals surface area contributed by atoms with Crippen molar-refractivity contribution in [1.82, 2.24) is 25.3 Å². The molecule has 2 aromatic heterocycles. The zero-order chi connectivity index (χ0) is 25.8. The zero-order valence-electron chi connectivity index (χ0n) is 20.6. The number of hydrogen-bond acceptors (Lipinski definition) is 6. The lowest BCUT2D eigenvalue weighted by molar-refractivity contribution is -0.118. The van der Waals surface area contributed by atoms with Gasteiger partial charge < -0.3 is 5.32 Å². The lowest BCUT2D eigenvalue weighted by atomic mass is 9.74. The topological polar surface area (TPSA) is 117 Å². The standard InChI is InChI=1S/C27H26ClN7O2/c1-14-5-18(11-30-25(14)34-12-19-8-23(19)27(34)37)15(2)35-13-24(32-33-35)26(36)31-21-6-17(7-21)22-9-20(28)4-3-16(22)10-29/h3-5,9,11,13,15,17,19,21,23H,6-8,12H2,1-2H3,(H,31,36). The molecule has 0 spiro atoms. The van der Waals surface area contributed by atoms with E-state index < -0.39 is 0 Å². The number of anilines is 1. The van der Waals surface area contributed by atoms with Gasteiger partial charge in [0.25, 0.3) is 5.91 Å². The van der Waals surface area contributed by atoms with E-state index in [1.165, 1.54) is 0 Å². The lowest BCUT2D eigenvalue weighted by Crippen LogP contribution is -2.43. The molecule has 10 heteroatoms. The van der Waals surface area contributed by atoms with Gasteiger partial charge in [-0.2, -0.15) is 5.26 Å². The molecule has 3 aromatic rings. The van der Waals surface area contributed by atoms with Crippen LogP contribution in [0.25, 0.3) is 0 Å². The fraction of sp³-hybridized carbons (Fsp3) is 0.407. The molecule has 2 amide bonds. The SMILES string of the molecule is Cc1cc(C(C)n2cc(C(=O)NC3CC(c4cc(Cl)ccc4C#N)C3)nn2)cnc1N1CC2CC2C1=O. The Bertz CT molecular complexity index is 1460. The van der Waals surface area contributed by atoms with Crippen LogP contribution in [0.1, 0.15) is 70.9 Å². The molecule has 1 aliphatic heterocycles. The number of aromatic nitrogens is 4. The Kier molecular flexibility index (Phi) is 5.72. The molecular formula is C27H26ClN7O2. The molecule has 37 heavy (non-hydrogen) atoms. The van der Waals surface area contributed by atoms with Crippen LogP contribution < -0.4 is 10.2 Å². The number of nitrogens with one attached hydrogen (secondary N) is 1. The first kappa shape index (κ1) is 23.6. The van der Waals surface area contributed by atoms with Crippen molar-refractivity contribution in [3.05, 3.63) is 69.6 Å². The number of hydrogen-bond donors (Lipinski definition) is 1. The summed E-state index contributed by atoms with van der Waals surface area (Å²) in [6.45, 7) is 4.69. The smallest absolute Gasteiger partial charge is 0.273 e. The Hall–Kier alpha value is -3.77. The summed E-state index contributed by atoms with van der Waals surface area (Å²) in [4.78, 5) is 31.6. The van der Waals surface area contributed by atoms with Gasteiger partial charge in [0.15, 0.2) is 5.69 Å². The number of halogens is 1. The molecule has 3 atom stereocenters. The van der Waals surface area contributed by atoms with Gasteiger partial charge in [0.1, 0.15) is 5.82 Å². The van der Waals surface area contributed by atoms with E-state index in [9.17, 15) is 14.9 Å². The van der Waals surface area contributed by atoms with Crippen molar-refractivity contribution >= 4 is 29.2 Å². The first-order valence-corrected chi connectivity index (χ1v) is 12.9. The predicted molar refractivity (Wildman–Crippen MR) is 136 cm³/mol. The van der Waals surface area contributed by atoms with Gasteiger partial charge in [-0.15, -0.1) is 5.10 Å². The molecule has 0 radical (unpaired) electrons. The highest BCUT2D eigenvalue weighted by atomic mass is 35.5. The summed E-state index contributed by atoms with van der Waals surface area (Å²) in [7, 11) is 0. The lowest BCUT2D eigenvalue weighted by Gasteiger charge is -2.36. The third-order valence-corrected chi connectivity index (χ3v) is 8.15. The quantitative estimate of drug-likeness (QED) is 0.534. The number of carbonyl (C=O) groups is 2. The van der Waals surface area contributed by atoms with E-state index in [2.05, 4.69) is 26.7 Å². The Morgan fingerprint density at radius 1 is 1.27 bits per heavy atom. The molecule has 3 aliphatic rings. The third kappa shape index (κ3) is 4.25. The normalized spacial score (nSPS) is 24.7. The molecule has 1 N–H and O–H groups in total. The number of nitriles is 1. The minimum atomic E-state index is -0.274. The second kappa shape index (κ2) is 8.96. The number of amides is 2. The van der Waals surface area contributed by atoms with Crippen molar-refractivity contribution in [2.45, 2.75) is 51.1 Å². The Balaban J connectivity index is 1.08. The second-order valence-corrected chi connectivity index (χ2v) is 10.8. The summed E-state index contributed by atoms with van der Waals surface area (Å²) in [6, 6.07) is 9.35. The van der Waals surface area contributed by atoms with Crippen molar-refractivity contribution < 1.29 is 9.59 Å². The Morgan fingerprint density at radius 3 is 2.78 bits per heavy atom. The molecule has 3 heterocycles. The second-order valence-electron chi connectivity index (χ2n) is 10.4. The van der Waals surface area contributed by atoms with Gasteiger partial charge >= 0.3 is 0 Å². The summed E-state index contributed by atoms with van der Waals surface area (Å²) in [5.41, 5.74) is 3.67. The van der Waals surface area contributed by atoms with Gasteiger partial charge in [-0.3, -0.25) is 14.5 Å². The molecule has 2 saturated carbocycles. The van der Waals surface area contributed by atoms with Gasteiger partial charge in [-0.05, 0) is 85.9 Å². The average molecular weight is 516 g/mol. The summed E-state index contributed by atoms with van der Waals surface area (Å²) in [6.07, 6.45) is 5.90. The van der Waals surface area contributed by atoms with Gasteiger partial charge in [-0.1, -0.05) is 16.8 Å². The minimum absolute atomic E-state index is 0.00401. The van der Waals surface area contributed by atoms with Crippen LogP contribution in [0.5, 0.6) is 0 Å². The number of nitrogens with zero attached hydrogens (tertiary/aromatic N) is 6. The van der Waals surface area contributed by atoms with Gasteiger partial charge in [0, 0.05) is 29.7 Å². The Morgan fingerprint density at radius 2 is 2.08 bits per heavy atom. The predicted octanol–water partition coefficient (Wildman–Crippen LogP) is 3.77. The van der Waals surface area contributed by atoms with E-state index in [1.54, 1.807) is 34.1 Å². The van der Waals surface area contributed by atoms with E-state index in [-0.39, 0.29) is 41.4 Å². The maximum atomic E-state index is 12.8. The Labute approximate surface area is 219 Å². The molecule has 9 nitrogen and oxygen atoms in total. The van der Waals surface area contributed by atoms with Gasteiger partial charge in [0.05, 0.1) is 23.9 Å². The number of benzene rings is 1. The minimum Gasteiger partial charge on any atom is -0.348 e. The fourth-order valence-electron chi connectivity index (χ4n) is 5.51. The molecule has 0 bridgehead atoms.